The molecule has 0 bridgehead atoms. The van der Waals surface area contributed by atoms with E-state index in [1.807, 2.05) is 37.3 Å². The molecule has 2 aromatic carbocycles. The van der Waals surface area contributed by atoms with E-state index in [2.05, 4.69) is 29.3 Å². The van der Waals surface area contributed by atoms with Gasteiger partial charge in [-0.2, -0.15) is 5.10 Å². The van der Waals surface area contributed by atoms with Crippen LogP contribution in [0.3, 0.4) is 0 Å². The second-order valence-corrected chi connectivity index (χ2v) is 11.5. The second-order valence-electron chi connectivity index (χ2n) is 9.50. The Morgan fingerprint density at radius 3 is 2.68 bits per heavy atom. The van der Waals surface area contributed by atoms with Gasteiger partial charge in [-0.1, -0.05) is 11.8 Å². The number of thiophene rings is 1. The lowest BCUT2D eigenvalue weighted by molar-refractivity contribution is -0.118. The number of hydrazone groups is 1. The fourth-order valence-corrected chi connectivity index (χ4v) is 7.08. The van der Waals surface area contributed by atoms with Crippen LogP contribution in [0, 0.1) is 0 Å². The average Bonchev–Trinajstić information content (AvgIpc) is 3.56. The van der Waals surface area contributed by atoms with Gasteiger partial charge in [0.25, 0.3) is 11.5 Å². The summed E-state index contributed by atoms with van der Waals surface area (Å²) in [6.07, 6.45) is 4.32. The molecule has 11 heteroatoms. The Balaban J connectivity index is 1.34. The van der Waals surface area contributed by atoms with Gasteiger partial charge in [-0.25, -0.2) is 10.4 Å². The molecule has 214 valence electrons. The van der Waals surface area contributed by atoms with Crippen molar-refractivity contribution in [2.75, 3.05) is 30.3 Å². The third-order valence-corrected chi connectivity index (χ3v) is 9.11. The van der Waals surface area contributed by atoms with E-state index in [0.29, 0.717) is 33.2 Å². The molecule has 1 aliphatic rings. The largest absolute Gasteiger partial charge is 0.507 e. The fourth-order valence-electron chi connectivity index (χ4n) is 4.97. The molecule has 2 aromatic heterocycles. The lowest BCUT2D eigenvalue weighted by atomic mass is 10.2. The van der Waals surface area contributed by atoms with Gasteiger partial charge in [0.15, 0.2) is 5.16 Å². The maximum atomic E-state index is 13.8. The summed E-state index contributed by atoms with van der Waals surface area (Å²) in [7, 11) is 0. The highest BCUT2D eigenvalue weighted by Crippen LogP contribution is 2.36. The van der Waals surface area contributed by atoms with Crippen molar-refractivity contribution in [3.8, 4) is 17.2 Å². The predicted octanol–water partition coefficient (Wildman–Crippen LogP) is 5.13. The van der Waals surface area contributed by atoms with Crippen LogP contribution >= 0.6 is 23.1 Å². The average molecular weight is 592 g/mol. The topological polar surface area (TPSA) is 109 Å². The van der Waals surface area contributed by atoms with E-state index in [1.54, 1.807) is 28.0 Å². The Kier molecular flexibility index (Phi) is 8.94. The van der Waals surface area contributed by atoms with Crippen LogP contribution in [-0.2, 0) is 17.6 Å². The highest BCUT2D eigenvalue weighted by molar-refractivity contribution is 7.99. The number of aromatic nitrogens is 2. The Labute approximate surface area is 246 Å². The first-order valence-electron chi connectivity index (χ1n) is 13.8. The number of rotatable bonds is 11. The van der Waals surface area contributed by atoms with Gasteiger partial charge < -0.3 is 14.7 Å². The molecular weight excluding hydrogens is 558 g/mol. The maximum absolute atomic E-state index is 13.8. The van der Waals surface area contributed by atoms with Crippen molar-refractivity contribution in [3.63, 3.8) is 0 Å². The summed E-state index contributed by atoms with van der Waals surface area (Å²) < 4.78 is 7.15. The number of amides is 1. The minimum Gasteiger partial charge on any atom is -0.507 e. The Morgan fingerprint density at radius 2 is 1.98 bits per heavy atom. The van der Waals surface area contributed by atoms with E-state index in [-0.39, 0.29) is 23.0 Å². The summed E-state index contributed by atoms with van der Waals surface area (Å²) in [6.45, 7) is 8.25. The molecule has 41 heavy (non-hydrogen) atoms. The number of benzene rings is 2. The van der Waals surface area contributed by atoms with Gasteiger partial charge in [0.05, 0.1) is 29.6 Å². The van der Waals surface area contributed by atoms with E-state index >= 15 is 0 Å². The number of hydrogen-bond acceptors (Lipinski definition) is 9. The fraction of sp³-hybridized carbons (Fsp3) is 0.333. The third kappa shape index (κ3) is 6.11. The highest BCUT2D eigenvalue weighted by atomic mass is 32.2. The summed E-state index contributed by atoms with van der Waals surface area (Å²) in [5.74, 6) is 0.452. The van der Waals surface area contributed by atoms with E-state index in [4.69, 9.17) is 9.72 Å². The number of nitrogens with one attached hydrogen (secondary N) is 1. The predicted molar refractivity (Wildman–Crippen MR) is 167 cm³/mol. The monoisotopic (exact) mass is 591 g/mol. The SMILES string of the molecule is CCOc1ccc(-n2c(SCC(=O)NN=Cc3ccc(N(CC)CC)cc3O)nc3sc4c(c3c2=O)CCC4)cc1. The molecule has 1 amide bonds. The number of phenolic OH excluding ortho intramolecular Hbond substituents is 1. The minimum absolute atomic E-state index is 0.00425. The lowest BCUT2D eigenvalue weighted by Crippen LogP contribution is -2.24. The number of carbonyl (C=O) groups is 1. The van der Waals surface area contributed by atoms with Crippen LogP contribution in [0.5, 0.6) is 11.5 Å². The second kappa shape index (κ2) is 12.8. The first-order valence-corrected chi connectivity index (χ1v) is 15.6. The quantitative estimate of drug-likeness (QED) is 0.108. The number of fused-ring (bicyclic) bond motifs is 3. The molecule has 0 saturated carbocycles. The highest BCUT2D eigenvalue weighted by Gasteiger charge is 2.24. The van der Waals surface area contributed by atoms with Crippen molar-refractivity contribution in [2.24, 2.45) is 5.10 Å². The molecule has 2 heterocycles. The van der Waals surface area contributed by atoms with Crippen molar-refractivity contribution in [1.29, 1.82) is 0 Å². The van der Waals surface area contributed by atoms with Crippen LogP contribution in [0.15, 0.2) is 57.5 Å². The van der Waals surface area contributed by atoms with Crippen molar-refractivity contribution in [1.82, 2.24) is 15.0 Å². The molecule has 0 aliphatic heterocycles. The molecule has 2 N–H and O–H groups in total. The van der Waals surface area contributed by atoms with Crippen molar-refractivity contribution < 1.29 is 14.6 Å². The molecule has 1 aliphatic carbocycles. The standard InChI is InChI=1S/C30H33N5O4S2/c1-4-34(5-2)21-11-10-19(24(36)16-21)17-31-33-26(37)18-40-30-32-28-27(23-8-7-9-25(23)41-28)29(38)35(30)20-12-14-22(15-13-20)39-6-3/h10-17,36H,4-9,18H2,1-3H3,(H,33,37). The number of carbonyl (C=O) groups excluding carboxylic acids is 1. The number of phenols is 1. The molecule has 5 rings (SSSR count). The summed E-state index contributed by atoms with van der Waals surface area (Å²) in [5, 5.41) is 15.6. The number of aryl methyl sites for hydroxylation is 2. The normalized spacial score (nSPS) is 12.7. The summed E-state index contributed by atoms with van der Waals surface area (Å²) >= 11 is 2.75. The van der Waals surface area contributed by atoms with Crippen molar-refractivity contribution in [3.05, 3.63) is 68.8 Å². The molecule has 0 spiro atoms. The van der Waals surface area contributed by atoms with Gasteiger partial charge in [-0.15, -0.1) is 11.3 Å². The van der Waals surface area contributed by atoms with Gasteiger partial charge in [0.2, 0.25) is 0 Å². The van der Waals surface area contributed by atoms with E-state index < -0.39 is 0 Å². The van der Waals surface area contributed by atoms with Crippen LogP contribution in [0.2, 0.25) is 0 Å². The van der Waals surface area contributed by atoms with Crippen molar-refractivity contribution >= 4 is 51.1 Å². The molecule has 0 atom stereocenters. The number of thioether (sulfide) groups is 1. The van der Waals surface area contributed by atoms with Crippen LogP contribution in [0.4, 0.5) is 5.69 Å². The van der Waals surface area contributed by atoms with Gasteiger partial charge in [0, 0.05) is 35.3 Å². The van der Waals surface area contributed by atoms with E-state index in [0.717, 1.165) is 49.4 Å². The first-order chi connectivity index (χ1) is 19.9. The number of aromatic hydroxyl groups is 1. The third-order valence-electron chi connectivity index (χ3n) is 6.98. The zero-order chi connectivity index (χ0) is 28.9. The maximum Gasteiger partial charge on any atom is 0.267 e. The number of anilines is 1. The molecular formula is C30H33N5O4S2. The van der Waals surface area contributed by atoms with Crippen LogP contribution in [0.1, 0.15) is 43.2 Å². The molecule has 0 fully saturated rings. The number of ether oxygens (including phenoxy) is 1. The van der Waals surface area contributed by atoms with Crippen LogP contribution < -0.4 is 20.6 Å². The van der Waals surface area contributed by atoms with Crippen LogP contribution in [0.25, 0.3) is 15.9 Å². The summed E-state index contributed by atoms with van der Waals surface area (Å²) in [4.78, 5) is 35.4. The Morgan fingerprint density at radius 1 is 1.20 bits per heavy atom. The number of nitrogens with zero attached hydrogens (tertiary/aromatic N) is 4. The molecule has 4 aromatic rings. The summed E-state index contributed by atoms with van der Waals surface area (Å²) in [6, 6.07) is 12.7. The van der Waals surface area contributed by atoms with Gasteiger partial charge >= 0.3 is 0 Å². The number of hydrogen-bond donors (Lipinski definition) is 2. The van der Waals surface area contributed by atoms with Gasteiger partial charge in [-0.3, -0.25) is 14.2 Å². The molecule has 0 saturated heterocycles. The van der Waals surface area contributed by atoms with Crippen molar-refractivity contribution in [2.45, 2.75) is 45.2 Å². The summed E-state index contributed by atoms with van der Waals surface area (Å²) in [5.41, 5.74) is 5.58. The van der Waals surface area contributed by atoms with E-state index in [9.17, 15) is 14.7 Å². The zero-order valence-corrected chi connectivity index (χ0v) is 25.0. The molecule has 0 unspecified atom stereocenters. The molecule has 0 radical (unpaired) electrons. The Hall–Kier alpha value is -3.83. The van der Waals surface area contributed by atoms with Crippen LogP contribution in [-0.4, -0.2) is 52.2 Å². The van der Waals surface area contributed by atoms with Gasteiger partial charge in [0.1, 0.15) is 16.3 Å². The Bertz CT molecular complexity index is 1640. The first kappa shape index (κ1) is 28.7. The molecule has 9 nitrogen and oxygen atoms in total. The smallest absolute Gasteiger partial charge is 0.267 e. The zero-order valence-electron chi connectivity index (χ0n) is 23.3. The van der Waals surface area contributed by atoms with E-state index in [1.165, 1.54) is 22.9 Å². The van der Waals surface area contributed by atoms with Gasteiger partial charge in [-0.05, 0) is 82.0 Å². The lowest BCUT2D eigenvalue weighted by Gasteiger charge is -2.21. The minimum atomic E-state index is -0.355.